The number of carbonyl (C=O) groups is 1. The van der Waals surface area contributed by atoms with Crippen LogP contribution in [0.3, 0.4) is 0 Å². The lowest BCUT2D eigenvalue weighted by Crippen LogP contribution is -2.13. The topological polar surface area (TPSA) is 37.3 Å². The molecule has 4 heteroatoms. The second-order valence-electron chi connectivity index (χ2n) is 2.91. The average Bonchev–Trinajstić information content (AvgIpc) is 2.16. The zero-order valence-electron chi connectivity index (χ0n) is 7.63. The summed E-state index contributed by atoms with van der Waals surface area (Å²) in [6, 6.07) is 5.33. The van der Waals surface area contributed by atoms with Crippen LogP contribution in [0.2, 0.25) is 0 Å². The molecule has 0 aromatic heterocycles. The van der Waals surface area contributed by atoms with Gasteiger partial charge in [0.25, 0.3) is 0 Å². The van der Waals surface area contributed by atoms with Gasteiger partial charge >= 0.3 is 0 Å². The van der Waals surface area contributed by atoms with E-state index in [-0.39, 0.29) is 17.2 Å². The maximum Gasteiger partial charge on any atom is 0.177 e. The molecule has 2 nitrogen and oxygen atoms in total. The summed E-state index contributed by atoms with van der Waals surface area (Å²) >= 11 is 6.53. The number of rotatable bonds is 3. The third kappa shape index (κ3) is 2.43. The van der Waals surface area contributed by atoms with E-state index in [1.54, 1.807) is 25.1 Å². The summed E-state index contributed by atoms with van der Waals surface area (Å²) in [6.07, 6.45) is 0. The van der Waals surface area contributed by atoms with Gasteiger partial charge in [0.15, 0.2) is 5.78 Å². The SMILES string of the molecule is CC(Br)C(=O)c1c(Br)cccc1CO. The fourth-order valence-corrected chi connectivity index (χ4v) is 2.01. The molecule has 0 aliphatic rings. The highest BCUT2D eigenvalue weighted by Crippen LogP contribution is 2.24. The predicted octanol–water partition coefficient (Wildman–Crippen LogP) is 2.91. The van der Waals surface area contributed by atoms with E-state index in [2.05, 4.69) is 31.9 Å². The number of halogens is 2. The fraction of sp³-hybridized carbons (Fsp3) is 0.300. The maximum atomic E-state index is 11.8. The Hall–Kier alpha value is -0.190. The van der Waals surface area contributed by atoms with Crippen LogP contribution in [0.4, 0.5) is 0 Å². The van der Waals surface area contributed by atoms with Crippen molar-refractivity contribution in [2.75, 3.05) is 0 Å². The standard InChI is InChI=1S/C10H10Br2O2/c1-6(11)10(14)9-7(5-13)3-2-4-8(9)12/h2-4,6,13H,5H2,1H3. The highest BCUT2D eigenvalue weighted by molar-refractivity contribution is 9.10. The molecule has 0 fully saturated rings. The van der Waals surface area contributed by atoms with E-state index in [4.69, 9.17) is 5.11 Å². The second-order valence-corrected chi connectivity index (χ2v) is 5.14. The quantitative estimate of drug-likeness (QED) is 0.686. The first-order chi connectivity index (χ1) is 6.57. The number of alkyl halides is 1. The second kappa shape index (κ2) is 5.05. The van der Waals surface area contributed by atoms with Gasteiger partial charge in [-0.05, 0) is 18.6 Å². The van der Waals surface area contributed by atoms with Gasteiger partial charge in [0.1, 0.15) is 0 Å². The molecule has 0 aliphatic heterocycles. The van der Waals surface area contributed by atoms with Crippen molar-refractivity contribution in [3.05, 3.63) is 33.8 Å². The van der Waals surface area contributed by atoms with E-state index < -0.39 is 0 Å². The summed E-state index contributed by atoms with van der Waals surface area (Å²) in [5.74, 6) is -0.0264. The first kappa shape index (κ1) is 11.9. The number of benzene rings is 1. The summed E-state index contributed by atoms with van der Waals surface area (Å²) in [4.78, 5) is 11.5. The minimum absolute atomic E-state index is 0.0264. The number of hydrogen-bond donors (Lipinski definition) is 1. The van der Waals surface area contributed by atoms with E-state index in [0.717, 1.165) is 4.47 Å². The summed E-state index contributed by atoms with van der Waals surface area (Å²) in [5.41, 5.74) is 1.20. The predicted molar refractivity (Wildman–Crippen MR) is 62.8 cm³/mol. The van der Waals surface area contributed by atoms with Crippen LogP contribution in [0, 0.1) is 0 Å². The zero-order chi connectivity index (χ0) is 10.7. The third-order valence-electron chi connectivity index (χ3n) is 1.88. The smallest absolute Gasteiger partial charge is 0.177 e. The minimum atomic E-state index is -0.244. The minimum Gasteiger partial charge on any atom is -0.392 e. The van der Waals surface area contributed by atoms with E-state index in [1.165, 1.54) is 0 Å². The lowest BCUT2D eigenvalue weighted by Gasteiger charge is -2.09. The molecule has 0 amide bonds. The highest BCUT2D eigenvalue weighted by Gasteiger charge is 2.18. The van der Waals surface area contributed by atoms with Crippen molar-refractivity contribution in [3.63, 3.8) is 0 Å². The van der Waals surface area contributed by atoms with Gasteiger partial charge in [-0.25, -0.2) is 0 Å². The van der Waals surface area contributed by atoms with Gasteiger partial charge in [-0.15, -0.1) is 0 Å². The number of hydrogen-bond acceptors (Lipinski definition) is 2. The first-order valence-electron chi connectivity index (χ1n) is 4.14. The van der Waals surface area contributed by atoms with Crippen LogP contribution in [-0.2, 0) is 6.61 Å². The fourth-order valence-electron chi connectivity index (χ4n) is 1.18. The van der Waals surface area contributed by atoms with Gasteiger partial charge < -0.3 is 5.11 Å². The van der Waals surface area contributed by atoms with Gasteiger partial charge in [0, 0.05) is 10.0 Å². The van der Waals surface area contributed by atoms with Crippen molar-refractivity contribution >= 4 is 37.6 Å². The molecule has 1 aromatic rings. The number of ketones is 1. The van der Waals surface area contributed by atoms with Crippen LogP contribution in [0.25, 0.3) is 0 Å². The Labute approximate surface area is 99.6 Å². The molecule has 0 aliphatic carbocycles. The summed E-state index contributed by atoms with van der Waals surface area (Å²) in [7, 11) is 0. The molecule has 0 heterocycles. The molecule has 1 aromatic carbocycles. The Morgan fingerprint density at radius 3 is 2.71 bits per heavy atom. The van der Waals surface area contributed by atoms with Gasteiger partial charge in [-0.1, -0.05) is 44.0 Å². The number of carbonyl (C=O) groups excluding carboxylic acids is 1. The molecule has 1 rings (SSSR count). The molecule has 14 heavy (non-hydrogen) atoms. The highest BCUT2D eigenvalue weighted by atomic mass is 79.9. The lowest BCUT2D eigenvalue weighted by molar-refractivity contribution is 0.0992. The van der Waals surface area contributed by atoms with Crippen molar-refractivity contribution < 1.29 is 9.90 Å². The number of aliphatic hydroxyl groups excluding tert-OH is 1. The molecule has 1 unspecified atom stereocenters. The molecule has 1 atom stereocenters. The van der Waals surface area contributed by atoms with E-state index in [0.29, 0.717) is 11.1 Å². The molecular formula is C10H10Br2O2. The van der Waals surface area contributed by atoms with Gasteiger partial charge in [0.05, 0.1) is 11.4 Å². The van der Waals surface area contributed by atoms with Gasteiger partial charge in [-0.2, -0.15) is 0 Å². The Kier molecular flexibility index (Phi) is 4.29. The summed E-state index contributed by atoms with van der Waals surface area (Å²) in [5, 5.41) is 9.09. The van der Waals surface area contributed by atoms with Crippen molar-refractivity contribution in [1.29, 1.82) is 0 Å². The molecule has 76 valence electrons. The van der Waals surface area contributed by atoms with Crippen LogP contribution >= 0.6 is 31.9 Å². The largest absolute Gasteiger partial charge is 0.392 e. The maximum absolute atomic E-state index is 11.8. The normalized spacial score (nSPS) is 12.6. The van der Waals surface area contributed by atoms with Crippen molar-refractivity contribution in [2.24, 2.45) is 0 Å². The van der Waals surface area contributed by atoms with Crippen molar-refractivity contribution in [3.8, 4) is 0 Å². The van der Waals surface area contributed by atoms with Gasteiger partial charge in [0.2, 0.25) is 0 Å². The zero-order valence-corrected chi connectivity index (χ0v) is 10.8. The lowest BCUT2D eigenvalue weighted by atomic mass is 10.0. The average molecular weight is 322 g/mol. The van der Waals surface area contributed by atoms with E-state index >= 15 is 0 Å². The van der Waals surface area contributed by atoms with Crippen LogP contribution in [0.1, 0.15) is 22.8 Å². The summed E-state index contributed by atoms with van der Waals surface area (Å²) < 4.78 is 0.723. The van der Waals surface area contributed by atoms with E-state index in [9.17, 15) is 4.79 Å². The van der Waals surface area contributed by atoms with Crippen molar-refractivity contribution in [1.82, 2.24) is 0 Å². The Balaban J connectivity index is 3.23. The monoisotopic (exact) mass is 320 g/mol. The van der Waals surface area contributed by atoms with Crippen LogP contribution in [0.15, 0.2) is 22.7 Å². The number of aliphatic hydroxyl groups is 1. The number of Topliss-reactive ketones (excluding diaryl/α,β-unsaturated/α-hetero) is 1. The molecule has 0 saturated heterocycles. The first-order valence-corrected chi connectivity index (χ1v) is 5.85. The third-order valence-corrected chi connectivity index (χ3v) is 2.95. The molecule has 1 N–H and O–H groups in total. The Bertz CT molecular complexity index is 348. The molecule has 0 radical (unpaired) electrons. The molecular weight excluding hydrogens is 312 g/mol. The molecule has 0 saturated carbocycles. The van der Waals surface area contributed by atoms with Crippen LogP contribution in [0.5, 0.6) is 0 Å². The Morgan fingerprint density at radius 2 is 2.21 bits per heavy atom. The van der Waals surface area contributed by atoms with Crippen LogP contribution < -0.4 is 0 Å². The van der Waals surface area contributed by atoms with Crippen LogP contribution in [-0.4, -0.2) is 15.7 Å². The molecule has 0 spiro atoms. The Morgan fingerprint density at radius 1 is 1.57 bits per heavy atom. The van der Waals surface area contributed by atoms with Crippen molar-refractivity contribution in [2.45, 2.75) is 18.4 Å². The van der Waals surface area contributed by atoms with Gasteiger partial charge in [-0.3, -0.25) is 4.79 Å². The van der Waals surface area contributed by atoms with E-state index in [1.807, 2.05) is 0 Å². The molecule has 0 bridgehead atoms. The summed E-state index contributed by atoms with van der Waals surface area (Å²) in [6.45, 7) is 1.64.